The number of carbonyl (C=O) groups is 2. The van der Waals surface area contributed by atoms with E-state index in [2.05, 4.69) is 5.32 Å². The zero-order valence-electron chi connectivity index (χ0n) is 11.4. The first-order valence-corrected chi connectivity index (χ1v) is 6.09. The molecule has 1 unspecified atom stereocenters. The van der Waals surface area contributed by atoms with Gasteiger partial charge in [0.2, 0.25) is 0 Å². The molecule has 0 bridgehead atoms. The summed E-state index contributed by atoms with van der Waals surface area (Å²) >= 11 is 0. The number of amides is 1. The van der Waals surface area contributed by atoms with Gasteiger partial charge >= 0.3 is 5.97 Å². The number of benzene rings is 1. The van der Waals surface area contributed by atoms with Crippen molar-refractivity contribution in [2.24, 2.45) is 0 Å². The fourth-order valence-electron chi connectivity index (χ4n) is 1.73. The van der Waals surface area contributed by atoms with Gasteiger partial charge in [-0.1, -0.05) is 17.7 Å². The van der Waals surface area contributed by atoms with Crippen LogP contribution in [0.5, 0.6) is 5.75 Å². The number of carbonyl (C=O) groups excluding carboxylic acids is 1. The fourth-order valence-corrected chi connectivity index (χ4v) is 1.73. The van der Waals surface area contributed by atoms with Crippen LogP contribution in [0, 0.1) is 13.8 Å². The van der Waals surface area contributed by atoms with Crippen LogP contribution >= 0.6 is 0 Å². The van der Waals surface area contributed by atoms with E-state index in [1.54, 1.807) is 6.92 Å². The van der Waals surface area contributed by atoms with E-state index >= 15 is 0 Å². The predicted octanol–water partition coefficient (Wildman–Crippen LogP) is 1.66. The summed E-state index contributed by atoms with van der Waals surface area (Å²) in [5.74, 6) is -0.608. The van der Waals surface area contributed by atoms with Crippen LogP contribution in [0.25, 0.3) is 0 Å². The molecule has 5 nitrogen and oxygen atoms in total. The second-order valence-electron chi connectivity index (χ2n) is 4.62. The fraction of sp³-hybridized carbons (Fsp3) is 0.429. The number of carboxylic acids is 1. The van der Waals surface area contributed by atoms with Gasteiger partial charge in [0.05, 0.1) is 6.42 Å². The topological polar surface area (TPSA) is 75.6 Å². The highest BCUT2D eigenvalue weighted by atomic mass is 16.5. The number of aliphatic carboxylic acids is 1. The maximum absolute atomic E-state index is 11.6. The van der Waals surface area contributed by atoms with Crippen molar-refractivity contribution in [1.29, 1.82) is 0 Å². The highest BCUT2D eigenvalue weighted by Crippen LogP contribution is 2.18. The number of carboxylic acid groups (broad SMARTS) is 1. The number of aryl methyl sites for hydroxylation is 2. The second kappa shape index (κ2) is 6.78. The minimum atomic E-state index is -0.942. The molecule has 0 saturated carbocycles. The minimum Gasteiger partial charge on any atom is -0.484 e. The molecule has 0 heterocycles. The number of hydrogen-bond acceptors (Lipinski definition) is 3. The molecule has 1 aromatic rings. The molecule has 5 heteroatoms. The van der Waals surface area contributed by atoms with E-state index in [9.17, 15) is 9.59 Å². The van der Waals surface area contributed by atoms with Crippen molar-refractivity contribution in [3.8, 4) is 5.75 Å². The molecule has 0 aliphatic rings. The van der Waals surface area contributed by atoms with Crippen LogP contribution in [-0.4, -0.2) is 29.6 Å². The van der Waals surface area contributed by atoms with Crippen LogP contribution in [0.4, 0.5) is 0 Å². The molecule has 104 valence electrons. The van der Waals surface area contributed by atoms with Gasteiger partial charge in [0.1, 0.15) is 5.75 Å². The van der Waals surface area contributed by atoms with Gasteiger partial charge in [-0.3, -0.25) is 9.59 Å². The summed E-state index contributed by atoms with van der Waals surface area (Å²) in [7, 11) is 0. The number of hydrogen-bond donors (Lipinski definition) is 2. The van der Waals surface area contributed by atoms with Crippen LogP contribution in [0.15, 0.2) is 18.2 Å². The van der Waals surface area contributed by atoms with Crippen LogP contribution in [0.2, 0.25) is 0 Å². The molecule has 0 radical (unpaired) electrons. The lowest BCUT2D eigenvalue weighted by molar-refractivity contribution is -0.137. The van der Waals surface area contributed by atoms with E-state index in [1.807, 2.05) is 32.0 Å². The first-order valence-electron chi connectivity index (χ1n) is 6.09. The molecule has 0 fully saturated rings. The molecule has 1 amide bonds. The molecule has 0 aliphatic heterocycles. The Morgan fingerprint density at radius 3 is 2.63 bits per heavy atom. The lowest BCUT2D eigenvalue weighted by atomic mass is 10.1. The van der Waals surface area contributed by atoms with E-state index in [0.29, 0.717) is 5.75 Å². The molecule has 2 N–H and O–H groups in total. The van der Waals surface area contributed by atoms with Crippen molar-refractivity contribution in [3.05, 3.63) is 29.3 Å². The van der Waals surface area contributed by atoms with Gasteiger partial charge in [0.25, 0.3) is 5.91 Å². The van der Waals surface area contributed by atoms with Crippen molar-refractivity contribution in [2.75, 3.05) is 6.61 Å². The summed E-state index contributed by atoms with van der Waals surface area (Å²) in [5.41, 5.74) is 2.09. The highest BCUT2D eigenvalue weighted by molar-refractivity contribution is 5.78. The molecular weight excluding hydrogens is 246 g/mol. The smallest absolute Gasteiger partial charge is 0.305 e. The van der Waals surface area contributed by atoms with Crippen molar-refractivity contribution in [2.45, 2.75) is 33.2 Å². The summed E-state index contributed by atoms with van der Waals surface area (Å²) < 4.78 is 5.40. The lowest BCUT2D eigenvalue weighted by Crippen LogP contribution is -2.37. The third-order valence-electron chi connectivity index (χ3n) is 2.58. The third kappa shape index (κ3) is 5.42. The zero-order valence-corrected chi connectivity index (χ0v) is 11.4. The van der Waals surface area contributed by atoms with Gasteiger partial charge in [-0.05, 0) is 32.4 Å². The number of rotatable bonds is 6. The Hall–Kier alpha value is -2.04. The SMILES string of the molecule is Cc1ccc(OCC(=O)NC(C)CC(=O)O)c(C)c1. The summed E-state index contributed by atoms with van der Waals surface area (Å²) in [6.07, 6.45) is -0.102. The van der Waals surface area contributed by atoms with Gasteiger partial charge in [-0.25, -0.2) is 0 Å². The van der Waals surface area contributed by atoms with Crippen LogP contribution in [0.1, 0.15) is 24.5 Å². The molecule has 0 spiro atoms. The van der Waals surface area contributed by atoms with Crippen LogP contribution < -0.4 is 10.1 Å². The third-order valence-corrected chi connectivity index (χ3v) is 2.58. The van der Waals surface area contributed by atoms with Crippen LogP contribution in [0.3, 0.4) is 0 Å². The highest BCUT2D eigenvalue weighted by Gasteiger charge is 2.11. The molecule has 19 heavy (non-hydrogen) atoms. The summed E-state index contributed by atoms with van der Waals surface area (Å²) in [4.78, 5) is 22.0. The summed E-state index contributed by atoms with van der Waals surface area (Å²) in [6.45, 7) is 5.42. The molecule has 0 aromatic heterocycles. The Morgan fingerprint density at radius 1 is 1.37 bits per heavy atom. The molecule has 0 saturated heterocycles. The quantitative estimate of drug-likeness (QED) is 0.820. The Kier molecular flexibility index (Phi) is 5.36. The molecule has 1 rings (SSSR count). The van der Waals surface area contributed by atoms with E-state index in [0.717, 1.165) is 11.1 Å². The molecule has 0 aliphatic carbocycles. The van der Waals surface area contributed by atoms with Crippen LogP contribution in [-0.2, 0) is 9.59 Å². The van der Waals surface area contributed by atoms with Gasteiger partial charge in [0, 0.05) is 6.04 Å². The molecule has 1 atom stereocenters. The number of ether oxygens (including phenoxy) is 1. The maximum Gasteiger partial charge on any atom is 0.305 e. The van der Waals surface area contributed by atoms with E-state index < -0.39 is 12.0 Å². The minimum absolute atomic E-state index is 0.102. The van der Waals surface area contributed by atoms with Gasteiger partial charge in [0.15, 0.2) is 6.61 Å². The summed E-state index contributed by atoms with van der Waals surface area (Å²) in [5, 5.41) is 11.2. The van der Waals surface area contributed by atoms with E-state index in [1.165, 1.54) is 0 Å². The van der Waals surface area contributed by atoms with Gasteiger partial charge in [-0.2, -0.15) is 0 Å². The Morgan fingerprint density at radius 2 is 2.05 bits per heavy atom. The Labute approximate surface area is 112 Å². The Bertz CT molecular complexity index is 471. The second-order valence-corrected chi connectivity index (χ2v) is 4.62. The monoisotopic (exact) mass is 265 g/mol. The average Bonchev–Trinajstić information content (AvgIpc) is 2.26. The number of nitrogens with one attached hydrogen (secondary N) is 1. The van der Waals surface area contributed by atoms with Crippen molar-refractivity contribution in [3.63, 3.8) is 0 Å². The van der Waals surface area contributed by atoms with E-state index in [4.69, 9.17) is 9.84 Å². The molecular formula is C14H19NO4. The normalized spacial score (nSPS) is 11.7. The Balaban J connectivity index is 2.43. The van der Waals surface area contributed by atoms with Crippen molar-refractivity contribution >= 4 is 11.9 Å². The first-order chi connectivity index (χ1) is 8.88. The van der Waals surface area contributed by atoms with Crippen molar-refractivity contribution in [1.82, 2.24) is 5.32 Å². The van der Waals surface area contributed by atoms with E-state index in [-0.39, 0.29) is 18.9 Å². The standard InChI is InChI=1S/C14H19NO4/c1-9-4-5-12(10(2)6-9)19-8-13(16)15-11(3)7-14(17)18/h4-6,11H,7-8H2,1-3H3,(H,15,16)(H,17,18). The predicted molar refractivity (Wildman–Crippen MR) is 71.3 cm³/mol. The first kappa shape index (κ1) is 15.0. The zero-order chi connectivity index (χ0) is 14.4. The largest absolute Gasteiger partial charge is 0.484 e. The average molecular weight is 265 g/mol. The molecule has 1 aromatic carbocycles. The lowest BCUT2D eigenvalue weighted by Gasteiger charge is -2.13. The maximum atomic E-state index is 11.6. The van der Waals surface area contributed by atoms with Gasteiger partial charge in [-0.15, -0.1) is 0 Å². The van der Waals surface area contributed by atoms with Crippen molar-refractivity contribution < 1.29 is 19.4 Å². The van der Waals surface area contributed by atoms with Gasteiger partial charge < -0.3 is 15.2 Å². The summed E-state index contributed by atoms with van der Waals surface area (Å²) in [6, 6.07) is 5.29.